The van der Waals surface area contributed by atoms with Crippen LogP contribution in [0.4, 0.5) is 0 Å². The average molecular weight is 516 g/mol. The van der Waals surface area contributed by atoms with E-state index in [0.29, 0.717) is 0 Å². The fourth-order valence-electron chi connectivity index (χ4n) is 4.39. The van der Waals surface area contributed by atoms with E-state index in [9.17, 15) is 0 Å². The van der Waals surface area contributed by atoms with Crippen LogP contribution in [0.15, 0.2) is 97.1 Å². The molecule has 5 aromatic carbocycles. The molecule has 2 heteroatoms. The van der Waals surface area contributed by atoms with Gasteiger partial charge in [-0.15, -0.1) is 0 Å². The van der Waals surface area contributed by atoms with Gasteiger partial charge in [0.25, 0.3) is 0 Å². The van der Waals surface area contributed by atoms with Crippen LogP contribution in [0.1, 0.15) is 11.1 Å². The van der Waals surface area contributed by atoms with E-state index < -0.39 is 0 Å². The Hall–Kier alpha value is -2.42. The molecule has 30 heavy (non-hydrogen) atoms. The fourth-order valence-corrected chi connectivity index (χ4v) is 5.23. The van der Waals surface area contributed by atoms with E-state index in [1.54, 1.807) is 0 Å². The Balaban J connectivity index is 1.99. The van der Waals surface area contributed by atoms with Crippen LogP contribution in [0.25, 0.3) is 43.8 Å². The van der Waals surface area contributed by atoms with Crippen molar-refractivity contribution in [2.24, 2.45) is 0 Å². The lowest BCUT2D eigenvalue weighted by Gasteiger charge is -2.19. The van der Waals surface area contributed by atoms with Crippen LogP contribution in [-0.2, 0) is 10.7 Å². The predicted octanol–water partition coefficient (Wildman–Crippen LogP) is 9.12. The van der Waals surface area contributed by atoms with Gasteiger partial charge in [0.2, 0.25) is 0 Å². The molecule has 5 aromatic rings. The van der Waals surface area contributed by atoms with Crippen molar-refractivity contribution >= 4 is 53.4 Å². The first kappa shape index (κ1) is 19.5. The number of alkyl halides is 2. The van der Waals surface area contributed by atoms with E-state index >= 15 is 0 Å². The van der Waals surface area contributed by atoms with Gasteiger partial charge in [0.15, 0.2) is 0 Å². The number of fused-ring (bicyclic) bond motifs is 2. The highest BCUT2D eigenvalue weighted by molar-refractivity contribution is 9.08. The first-order valence-corrected chi connectivity index (χ1v) is 12.3. The van der Waals surface area contributed by atoms with Crippen LogP contribution < -0.4 is 0 Å². The largest absolute Gasteiger partial charge is 0.0876 e. The van der Waals surface area contributed by atoms with Crippen LogP contribution in [0, 0.1) is 0 Å². The summed E-state index contributed by atoms with van der Waals surface area (Å²) in [6.07, 6.45) is 0. The lowest BCUT2D eigenvalue weighted by molar-refractivity contribution is 1.37. The first-order chi connectivity index (χ1) is 14.8. The molecule has 0 aliphatic carbocycles. The summed E-state index contributed by atoms with van der Waals surface area (Å²) < 4.78 is 0. The lowest BCUT2D eigenvalue weighted by atomic mass is 9.84. The summed E-state index contributed by atoms with van der Waals surface area (Å²) in [5, 5.41) is 6.85. The van der Waals surface area contributed by atoms with Gasteiger partial charge < -0.3 is 0 Å². The Bertz CT molecular complexity index is 1300. The molecular formula is C28H20Br2. The molecule has 0 atom stereocenters. The smallest absolute Gasteiger partial charge is 0.0289 e. The van der Waals surface area contributed by atoms with Crippen LogP contribution in [0.3, 0.4) is 0 Å². The molecule has 0 fully saturated rings. The van der Waals surface area contributed by atoms with Gasteiger partial charge in [-0.1, -0.05) is 123 Å². The summed E-state index contributed by atoms with van der Waals surface area (Å²) in [4.78, 5) is 0. The van der Waals surface area contributed by atoms with Gasteiger partial charge in [0.05, 0.1) is 0 Å². The van der Waals surface area contributed by atoms with E-state index in [1.165, 1.54) is 54.9 Å². The van der Waals surface area contributed by atoms with Crippen molar-refractivity contribution in [1.29, 1.82) is 0 Å². The molecule has 0 N–H and O–H groups in total. The molecule has 0 aliphatic rings. The van der Waals surface area contributed by atoms with Crippen LogP contribution in [-0.4, -0.2) is 0 Å². The summed E-state index contributed by atoms with van der Waals surface area (Å²) in [5.41, 5.74) is 7.78. The zero-order valence-electron chi connectivity index (χ0n) is 16.4. The summed E-state index contributed by atoms with van der Waals surface area (Å²) in [6.45, 7) is 0. The van der Waals surface area contributed by atoms with Crippen molar-refractivity contribution in [3.8, 4) is 22.3 Å². The number of rotatable bonds is 4. The van der Waals surface area contributed by atoms with Gasteiger partial charge >= 0.3 is 0 Å². The van der Waals surface area contributed by atoms with Crippen molar-refractivity contribution in [3.05, 3.63) is 108 Å². The second kappa shape index (κ2) is 8.37. The van der Waals surface area contributed by atoms with Gasteiger partial charge in [-0.25, -0.2) is 0 Å². The molecule has 0 heterocycles. The molecular weight excluding hydrogens is 496 g/mol. The number of hydrogen-bond acceptors (Lipinski definition) is 0. The molecule has 0 aromatic heterocycles. The highest BCUT2D eigenvalue weighted by atomic mass is 79.9. The second-order valence-corrected chi connectivity index (χ2v) is 8.59. The maximum atomic E-state index is 3.72. The molecule has 0 unspecified atom stereocenters. The third kappa shape index (κ3) is 3.29. The minimum Gasteiger partial charge on any atom is -0.0876 e. The Morgan fingerprint density at radius 1 is 0.500 bits per heavy atom. The van der Waals surface area contributed by atoms with Gasteiger partial charge in [0, 0.05) is 10.7 Å². The Kier molecular flexibility index (Phi) is 5.45. The van der Waals surface area contributed by atoms with Crippen LogP contribution in [0.5, 0.6) is 0 Å². The molecule has 0 saturated heterocycles. The summed E-state index contributed by atoms with van der Waals surface area (Å²) in [5.74, 6) is 0. The molecule has 5 rings (SSSR count). The monoisotopic (exact) mass is 514 g/mol. The van der Waals surface area contributed by atoms with Gasteiger partial charge in [-0.3, -0.25) is 0 Å². The molecule has 0 aliphatic heterocycles. The quantitative estimate of drug-likeness (QED) is 0.165. The van der Waals surface area contributed by atoms with E-state index in [1.807, 2.05) is 0 Å². The Morgan fingerprint density at radius 2 is 1.03 bits per heavy atom. The van der Waals surface area contributed by atoms with Crippen LogP contribution >= 0.6 is 31.9 Å². The predicted molar refractivity (Wildman–Crippen MR) is 138 cm³/mol. The van der Waals surface area contributed by atoms with Crippen molar-refractivity contribution < 1.29 is 0 Å². The number of hydrogen-bond donors (Lipinski definition) is 0. The zero-order valence-corrected chi connectivity index (χ0v) is 19.6. The summed E-state index contributed by atoms with van der Waals surface area (Å²) >= 11 is 7.36. The SMILES string of the molecule is BrCc1ccc(CBr)c(-c2c3ccccc3c(-c3ccccc3)c3ccccc23)c1. The minimum absolute atomic E-state index is 0.827. The molecule has 0 radical (unpaired) electrons. The summed E-state index contributed by atoms with van der Waals surface area (Å²) in [7, 11) is 0. The molecule has 0 bridgehead atoms. The molecule has 0 nitrogen and oxygen atoms in total. The number of benzene rings is 5. The maximum Gasteiger partial charge on any atom is 0.0289 e. The first-order valence-electron chi connectivity index (χ1n) is 10.0. The molecule has 0 amide bonds. The zero-order chi connectivity index (χ0) is 20.5. The summed E-state index contributed by atoms with van der Waals surface area (Å²) in [6, 6.07) is 35.2. The fraction of sp³-hybridized carbons (Fsp3) is 0.0714. The highest BCUT2D eigenvalue weighted by Gasteiger charge is 2.18. The number of halogens is 2. The normalized spacial score (nSPS) is 11.3. The topological polar surface area (TPSA) is 0 Å². The van der Waals surface area contributed by atoms with Gasteiger partial charge in [-0.05, 0) is 61.0 Å². The van der Waals surface area contributed by atoms with E-state index in [2.05, 4.69) is 129 Å². The Morgan fingerprint density at radius 3 is 1.57 bits per heavy atom. The minimum atomic E-state index is 0.827. The van der Waals surface area contributed by atoms with Crippen LogP contribution in [0.2, 0.25) is 0 Å². The molecule has 146 valence electrons. The van der Waals surface area contributed by atoms with E-state index in [0.717, 1.165) is 10.7 Å². The van der Waals surface area contributed by atoms with Crippen molar-refractivity contribution in [2.45, 2.75) is 10.7 Å². The maximum absolute atomic E-state index is 3.72. The molecule has 0 saturated carbocycles. The van der Waals surface area contributed by atoms with E-state index in [-0.39, 0.29) is 0 Å². The van der Waals surface area contributed by atoms with Crippen molar-refractivity contribution in [1.82, 2.24) is 0 Å². The average Bonchev–Trinajstić information content (AvgIpc) is 2.82. The van der Waals surface area contributed by atoms with E-state index in [4.69, 9.17) is 0 Å². The standard InChI is InChI=1S/C28H20Br2/c29-17-19-14-15-21(18-30)26(16-19)28-24-12-6-4-10-22(24)27(20-8-2-1-3-9-20)23-11-5-7-13-25(23)28/h1-16H,17-18H2. The third-order valence-corrected chi connectivity index (χ3v) is 6.99. The molecule has 0 spiro atoms. The Labute approximate surface area is 193 Å². The highest BCUT2D eigenvalue weighted by Crippen LogP contribution is 2.44. The van der Waals surface area contributed by atoms with Crippen molar-refractivity contribution in [2.75, 3.05) is 0 Å². The second-order valence-electron chi connectivity index (χ2n) is 7.47. The lowest BCUT2D eigenvalue weighted by Crippen LogP contribution is -1.94. The third-order valence-electron chi connectivity index (χ3n) is 5.74. The van der Waals surface area contributed by atoms with Gasteiger partial charge in [-0.2, -0.15) is 0 Å². The van der Waals surface area contributed by atoms with Gasteiger partial charge in [0.1, 0.15) is 0 Å². The van der Waals surface area contributed by atoms with Crippen molar-refractivity contribution in [3.63, 3.8) is 0 Å².